The molecule has 24 heavy (non-hydrogen) atoms. The Morgan fingerprint density at radius 2 is 1.92 bits per heavy atom. The maximum Gasteiger partial charge on any atom is 0.335 e. The zero-order chi connectivity index (χ0) is 17.1. The highest BCUT2D eigenvalue weighted by molar-refractivity contribution is 9.10. The van der Waals surface area contributed by atoms with Crippen molar-refractivity contribution in [2.45, 2.75) is 25.8 Å². The zero-order valence-corrected chi connectivity index (χ0v) is 14.8. The Hall–Kier alpha value is -2.14. The highest BCUT2D eigenvalue weighted by Crippen LogP contribution is 2.23. The Morgan fingerprint density at radius 1 is 1.12 bits per heavy atom. The predicted molar refractivity (Wildman–Crippen MR) is 95.0 cm³/mol. The zero-order valence-electron chi connectivity index (χ0n) is 13.2. The number of benzene rings is 2. The smallest absolute Gasteiger partial charge is 0.335 e. The van der Waals surface area contributed by atoms with E-state index in [1.54, 1.807) is 24.3 Å². The third-order valence-corrected chi connectivity index (χ3v) is 4.88. The van der Waals surface area contributed by atoms with Crippen LogP contribution in [0.15, 0.2) is 46.9 Å². The first-order chi connectivity index (χ1) is 11.5. The van der Waals surface area contributed by atoms with E-state index < -0.39 is 5.97 Å². The first-order valence-electron chi connectivity index (χ1n) is 7.91. The van der Waals surface area contributed by atoms with Crippen LogP contribution in [0.5, 0.6) is 0 Å². The first-order valence-corrected chi connectivity index (χ1v) is 8.70. The minimum atomic E-state index is -0.949. The van der Waals surface area contributed by atoms with Crippen LogP contribution in [0.2, 0.25) is 0 Å². The lowest BCUT2D eigenvalue weighted by molar-refractivity contribution is -0.132. The van der Waals surface area contributed by atoms with Crippen LogP contribution in [0, 0.1) is 0 Å². The van der Waals surface area contributed by atoms with Crippen LogP contribution >= 0.6 is 15.9 Å². The molecule has 1 N–H and O–H groups in total. The molecule has 0 unspecified atom stereocenters. The SMILES string of the molecule is O=C(O)c1ccccc1CCC(=O)N1CCc2cc(Br)ccc2C1. The summed E-state index contributed by atoms with van der Waals surface area (Å²) in [5, 5.41) is 9.21. The molecule has 1 amide bonds. The summed E-state index contributed by atoms with van der Waals surface area (Å²) in [4.78, 5) is 25.6. The highest BCUT2D eigenvalue weighted by Gasteiger charge is 2.21. The number of carbonyl (C=O) groups excluding carboxylic acids is 1. The largest absolute Gasteiger partial charge is 0.478 e. The molecule has 0 spiro atoms. The number of carbonyl (C=O) groups is 2. The number of rotatable bonds is 4. The van der Waals surface area contributed by atoms with Gasteiger partial charge < -0.3 is 10.0 Å². The summed E-state index contributed by atoms with van der Waals surface area (Å²) in [6, 6.07) is 13.0. The Labute approximate surface area is 149 Å². The lowest BCUT2D eigenvalue weighted by Gasteiger charge is -2.29. The van der Waals surface area contributed by atoms with Gasteiger partial charge in [-0.25, -0.2) is 4.79 Å². The van der Waals surface area contributed by atoms with Crippen LogP contribution < -0.4 is 0 Å². The van der Waals surface area contributed by atoms with Gasteiger partial charge in [-0.3, -0.25) is 4.79 Å². The number of hydrogen-bond acceptors (Lipinski definition) is 2. The van der Waals surface area contributed by atoms with Crippen molar-refractivity contribution in [2.24, 2.45) is 0 Å². The summed E-state index contributed by atoms with van der Waals surface area (Å²) in [6.45, 7) is 1.34. The van der Waals surface area contributed by atoms with E-state index >= 15 is 0 Å². The average Bonchev–Trinajstić information content (AvgIpc) is 2.59. The minimum Gasteiger partial charge on any atom is -0.478 e. The highest BCUT2D eigenvalue weighted by atomic mass is 79.9. The molecular weight excluding hydrogens is 370 g/mol. The van der Waals surface area contributed by atoms with Crippen molar-refractivity contribution in [1.82, 2.24) is 4.90 Å². The van der Waals surface area contributed by atoms with Gasteiger partial charge in [0, 0.05) is 24.0 Å². The van der Waals surface area contributed by atoms with E-state index in [9.17, 15) is 14.7 Å². The quantitative estimate of drug-likeness (QED) is 0.870. The summed E-state index contributed by atoms with van der Waals surface area (Å²) in [7, 11) is 0. The topological polar surface area (TPSA) is 57.6 Å². The van der Waals surface area contributed by atoms with E-state index in [2.05, 4.69) is 28.1 Å². The molecule has 0 bridgehead atoms. The number of carboxylic acids is 1. The van der Waals surface area contributed by atoms with Crippen molar-refractivity contribution in [2.75, 3.05) is 6.54 Å². The minimum absolute atomic E-state index is 0.0729. The van der Waals surface area contributed by atoms with Crippen molar-refractivity contribution in [1.29, 1.82) is 0 Å². The first kappa shape index (κ1) is 16.7. The van der Waals surface area contributed by atoms with E-state index in [1.165, 1.54) is 11.1 Å². The second kappa shape index (κ2) is 7.18. The van der Waals surface area contributed by atoms with Crippen LogP contribution in [0.3, 0.4) is 0 Å². The molecule has 1 aliphatic rings. The number of aryl methyl sites for hydroxylation is 1. The Morgan fingerprint density at radius 3 is 2.71 bits per heavy atom. The Balaban J connectivity index is 1.64. The molecule has 0 fully saturated rings. The Kier molecular flexibility index (Phi) is 5.00. The van der Waals surface area contributed by atoms with Crippen molar-refractivity contribution in [3.05, 3.63) is 69.2 Å². The molecular formula is C19H18BrNO3. The standard InChI is InChI=1S/C19H18BrNO3/c20-16-7-5-15-12-21(10-9-14(15)11-16)18(22)8-6-13-3-1-2-4-17(13)19(23)24/h1-5,7,11H,6,8-10,12H2,(H,23,24). The van der Waals surface area contributed by atoms with Gasteiger partial charge in [0.25, 0.3) is 0 Å². The van der Waals surface area contributed by atoms with Gasteiger partial charge in [0.1, 0.15) is 0 Å². The van der Waals surface area contributed by atoms with Gasteiger partial charge in [-0.05, 0) is 47.7 Å². The van der Waals surface area contributed by atoms with Gasteiger partial charge in [-0.2, -0.15) is 0 Å². The number of amides is 1. The van der Waals surface area contributed by atoms with Gasteiger partial charge in [0.2, 0.25) is 5.91 Å². The lowest BCUT2D eigenvalue weighted by atomic mass is 9.98. The fourth-order valence-electron chi connectivity index (χ4n) is 3.08. The molecule has 0 saturated carbocycles. The van der Waals surface area contributed by atoms with Crippen LogP contribution in [-0.4, -0.2) is 28.4 Å². The van der Waals surface area contributed by atoms with Gasteiger partial charge in [0.05, 0.1) is 5.56 Å². The third kappa shape index (κ3) is 3.67. The molecule has 0 radical (unpaired) electrons. The maximum absolute atomic E-state index is 12.5. The van der Waals surface area contributed by atoms with Crippen LogP contribution in [-0.2, 0) is 24.2 Å². The molecule has 0 atom stereocenters. The fraction of sp³-hybridized carbons (Fsp3) is 0.263. The number of hydrogen-bond donors (Lipinski definition) is 1. The van der Waals surface area contributed by atoms with E-state index in [-0.39, 0.29) is 11.5 Å². The van der Waals surface area contributed by atoms with E-state index in [0.29, 0.717) is 31.5 Å². The summed E-state index contributed by atoms with van der Waals surface area (Å²) in [5.41, 5.74) is 3.45. The average molecular weight is 388 g/mol. The van der Waals surface area contributed by atoms with Gasteiger partial charge in [0.15, 0.2) is 0 Å². The molecule has 4 nitrogen and oxygen atoms in total. The van der Waals surface area contributed by atoms with Crippen LogP contribution in [0.1, 0.15) is 33.5 Å². The molecule has 0 aromatic heterocycles. The molecule has 5 heteroatoms. The summed E-state index contributed by atoms with van der Waals surface area (Å²) in [6.07, 6.45) is 1.63. The van der Waals surface area contributed by atoms with E-state index in [1.807, 2.05) is 11.0 Å². The second-order valence-electron chi connectivity index (χ2n) is 5.94. The summed E-state index contributed by atoms with van der Waals surface area (Å²) < 4.78 is 1.06. The summed E-state index contributed by atoms with van der Waals surface area (Å²) >= 11 is 3.48. The van der Waals surface area contributed by atoms with Crippen LogP contribution in [0.4, 0.5) is 0 Å². The second-order valence-corrected chi connectivity index (χ2v) is 6.86. The number of aromatic carboxylic acids is 1. The molecule has 2 aromatic rings. The monoisotopic (exact) mass is 387 g/mol. The number of halogens is 1. The maximum atomic E-state index is 12.5. The van der Waals surface area contributed by atoms with Crippen LogP contribution in [0.25, 0.3) is 0 Å². The fourth-order valence-corrected chi connectivity index (χ4v) is 3.49. The lowest BCUT2D eigenvalue weighted by Crippen LogP contribution is -2.36. The molecule has 1 aliphatic heterocycles. The number of carboxylic acid groups (broad SMARTS) is 1. The molecule has 0 aliphatic carbocycles. The Bertz CT molecular complexity index is 788. The third-order valence-electron chi connectivity index (χ3n) is 4.39. The molecule has 124 valence electrons. The van der Waals surface area contributed by atoms with Crippen molar-refractivity contribution >= 4 is 27.8 Å². The molecule has 2 aromatic carbocycles. The van der Waals surface area contributed by atoms with Gasteiger partial charge >= 0.3 is 5.97 Å². The normalized spacial score (nSPS) is 13.5. The van der Waals surface area contributed by atoms with Crippen molar-refractivity contribution in [3.8, 4) is 0 Å². The van der Waals surface area contributed by atoms with Gasteiger partial charge in [-0.1, -0.05) is 40.2 Å². The predicted octanol–water partition coefficient (Wildman–Crippen LogP) is 3.66. The number of fused-ring (bicyclic) bond motifs is 1. The number of nitrogens with zero attached hydrogens (tertiary/aromatic N) is 1. The van der Waals surface area contributed by atoms with Gasteiger partial charge in [-0.15, -0.1) is 0 Å². The van der Waals surface area contributed by atoms with E-state index in [4.69, 9.17) is 0 Å². The van der Waals surface area contributed by atoms with E-state index in [0.717, 1.165) is 10.9 Å². The molecule has 3 rings (SSSR count). The molecule has 1 heterocycles. The van der Waals surface area contributed by atoms with Crippen molar-refractivity contribution < 1.29 is 14.7 Å². The van der Waals surface area contributed by atoms with Crippen molar-refractivity contribution in [3.63, 3.8) is 0 Å². The molecule has 0 saturated heterocycles. The summed E-state index contributed by atoms with van der Waals surface area (Å²) in [5.74, 6) is -0.876.